The summed E-state index contributed by atoms with van der Waals surface area (Å²) >= 11 is 0. The Labute approximate surface area is 107 Å². The Kier molecular flexibility index (Phi) is 6.10. The fourth-order valence-electron chi connectivity index (χ4n) is 2.10. The average Bonchev–Trinajstić information content (AvgIpc) is 2.37. The van der Waals surface area contributed by atoms with Crippen molar-refractivity contribution in [3.8, 4) is 0 Å². The molecule has 0 radical (unpaired) electrons. The standard InChI is InChI=1S/C16H27N/c1-5-13(4)11-15(7-3)17-16-10-8-9-14(6-2)12-16/h8-10,12-13,15,17H,5-7,11H2,1-4H3. The second-order valence-electron chi connectivity index (χ2n) is 5.05. The normalized spacial score (nSPS) is 14.4. The van der Waals surface area contributed by atoms with E-state index in [2.05, 4.69) is 57.3 Å². The number of anilines is 1. The molecule has 0 fully saturated rings. The molecular formula is C16H27N. The lowest BCUT2D eigenvalue weighted by Crippen LogP contribution is -2.21. The van der Waals surface area contributed by atoms with Gasteiger partial charge in [0, 0.05) is 11.7 Å². The first kappa shape index (κ1) is 14.1. The highest BCUT2D eigenvalue weighted by atomic mass is 14.9. The third kappa shape index (κ3) is 4.80. The summed E-state index contributed by atoms with van der Waals surface area (Å²) in [6, 6.07) is 9.41. The Morgan fingerprint density at radius 3 is 2.47 bits per heavy atom. The number of hydrogen-bond donors (Lipinski definition) is 1. The molecule has 1 rings (SSSR count). The highest BCUT2D eigenvalue weighted by molar-refractivity contribution is 5.46. The molecule has 1 N–H and O–H groups in total. The predicted molar refractivity (Wildman–Crippen MR) is 77.6 cm³/mol. The van der Waals surface area contributed by atoms with Crippen LogP contribution in [0.1, 0.15) is 52.5 Å². The monoisotopic (exact) mass is 233 g/mol. The van der Waals surface area contributed by atoms with Crippen LogP contribution >= 0.6 is 0 Å². The summed E-state index contributed by atoms with van der Waals surface area (Å²) in [4.78, 5) is 0. The van der Waals surface area contributed by atoms with Crippen LogP contribution in [0.4, 0.5) is 5.69 Å². The molecule has 1 aromatic rings. The van der Waals surface area contributed by atoms with Crippen LogP contribution in [0.25, 0.3) is 0 Å². The summed E-state index contributed by atoms with van der Waals surface area (Å²) in [7, 11) is 0. The Balaban J connectivity index is 2.60. The van der Waals surface area contributed by atoms with Gasteiger partial charge in [-0.25, -0.2) is 0 Å². The van der Waals surface area contributed by atoms with Crippen LogP contribution in [-0.4, -0.2) is 6.04 Å². The topological polar surface area (TPSA) is 12.0 Å². The first-order valence-electron chi connectivity index (χ1n) is 7.05. The Morgan fingerprint density at radius 2 is 1.88 bits per heavy atom. The van der Waals surface area contributed by atoms with Gasteiger partial charge in [0.15, 0.2) is 0 Å². The van der Waals surface area contributed by atoms with Crippen LogP contribution in [0, 0.1) is 5.92 Å². The third-order valence-corrected chi connectivity index (χ3v) is 3.58. The van der Waals surface area contributed by atoms with Gasteiger partial charge in [-0.3, -0.25) is 0 Å². The number of nitrogens with one attached hydrogen (secondary N) is 1. The minimum Gasteiger partial charge on any atom is -0.382 e. The van der Waals surface area contributed by atoms with Gasteiger partial charge >= 0.3 is 0 Å². The van der Waals surface area contributed by atoms with Gasteiger partial charge in [-0.05, 0) is 42.9 Å². The Morgan fingerprint density at radius 1 is 1.12 bits per heavy atom. The van der Waals surface area contributed by atoms with Crippen molar-refractivity contribution in [3.05, 3.63) is 29.8 Å². The second-order valence-corrected chi connectivity index (χ2v) is 5.05. The van der Waals surface area contributed by atoms with E-state index in [1.165, 1.54) is 30.5 Å². The zero-order valence-electron chi connectivity index (χ0n) is 11.8. The van der Waals surface area contributed by atoms with E-state index in [-0.39, 0.29) is 0 Å². The molecule has 0 saturated heterocycles. The third-order valence-electron chi connectivity index (χ3n) is 3.58. The lowest BCUT2D eigenvalue weighted by Gasteiger charge is -2.21. The van der Waals surface area contributed by atoms with E-state index in [1.807, 2.05) is 0 Å². The predicted octanol–water partition coefficient (Wildman–Crippen LogP) is 4.88. The van der Waals surface area contributed by atoms with E-state index < -0.39 is 0 Å². The molecule has 0 aliphatic heterocycles. The summed E-state index contributed by atoms with van der Waals surface area (Å²) in [6.07, 6.45) is 4.84. The van der Waals surface area contributed by atoms with Crippen molar-refractivity contribution >= 4 is 5.69 Å². The first-order valence-corrected chi connectivity index (χ1v) is 7.05. The van der Waals surface area contributed by atoms with E-state index in [4.69, 9.17) is 0 Å². The van der Waals surface area contributed by atoms with E-state index in [9.17, 15) is 0 Å². The van der Waals surface area contributed by atoms with Gasteiger partial charge in [-0.15, -0.1) is 0 Å². The molecule has 0 saturated carbocycles. The number of rotatable bonds is 7. The van der Waals surface area contributed by atoms with Crippen LogP contribution in [0.5, 0.6) is 0 Å². The van der Waals surface area contributed by atoms with Crippen molar-refractivity contribution in [2.24, 2.45) is 5.92 Å². The summed E-state index contributed by atoms with van der Waals surface area (Å²) < 4.78 is 0. The van der Waals surface area contributed by atoms with Gasteiger partial charge in [-0.1, -0.05) is 46.2 Å². The molecule has 2 atom stereocenters. The Hall–Kier alpha value is -0.980. The van der Waals surface area contributed by atoms with Crippen LogP contribution in [-0.2, 0) is 6.42 Å². The molecule has 0 aliphatic rings. The fourth-order valence-corrected chi connectivity index (χ4v) is 2.10. The maximum atomic E-state index is 3.67. The summed E-state index contributed by atoms with van der Waals surface area (Å²) in [5.41, 5.74) is 2.69. The fraction of sp³-hybridized carbons (Fsp3) is 0.625. The highest BCUT2D eigenvalue weighted by Crippen LogP contribution is 2.18. The van der Waals surface area contributed by atoms with Crippen molar-refractivity contribution < 1.29 is 0 Å². The molecule has 96 valence electrons. The van der Waals surface area contributed by atoms with Crippen LogP contribution < -0.4 is 5.32 Å². The molecule has 1 heteroatoms. The van der Waals surface area contributed by atoms with Crippen LogP contribution in [0.3, 0.4) is 0 Å². The second kappa shape index (κ2) is 7.37. The van der Waals surface area contributed by atoms with Crippen molar-refractivity contribution in [3.63, 3.8) is 0 Å². The first-order chi connectivity index (χ1) is 8.19. The Bertz CT molecular complexity index is 319. The van der Waals surface area contributed by atoms with E-state index >= 15 is 0 Å². The quantitative estimate of drug-likeness (QED) is 0.708. The van der Waals surface area contributed by atoms with E-state index in [1.54, 1.807) is 0 Å². The number of aryl methyl sites for hydroxylation is 1. The molecule has 0 aliphatic carbocycles. The summed E-state index contributed by atoms with van der Waals surface area (Å²) in [6.45, 7) is 9.08. The SMILES string of the molecule is CCc1cccc(NC(CC)CC(C)CC)c1. The molecule has 2 unspecified atom stereocenters. The molecule has 0 amide bonds. The lowest BCUT2D eigenvalue weighted by molar-refractivity contribution is 0.462. The molecule has 1 nitrogen and oxygen atoms in total. The van der Waals surface area contributed by atoms with Gasteiger partial charge in [-0.2, -0.15) is 0 Å². The van der Waals surface area contributed by atoms with Crippen molar-refractivity contribution in [2.45, 2.75) is 59.4 Å². The van der Waals surface area contributed by atoms with Gasteiger partial charge < -0.3 is 5.32 Å². The largest absolute Gasteiger partial charge is 0.382 e. The van der Waals surface area contributed by atoms with Crippen LogP contribution in [0.15, 0.2) is 24.3 Å². The lowest BCUT2D eigenvalue weighted by atomic mass is 9.97. The highest BCUT2D eigenvalue weighted by Gasteiger charge is 2.10. The molecular weight excluding hydrogens is 206 g/mol. The molecule has 17 heavy (non-hydrogen) atoms. The molecule has 0 bridgehead atoms. The molecule has 0 aromatic heterocycles. The average molecular weight is 233 g/mol. The number of benzene rings is 1. The molecule has 0 spiro atoms. The van der Waals surface area contributed by atoms with Gasteiger partial charge in [0.2, 0.25) is 0 Å². The molecule has 0 heterocycles. The van der Waals surface area contributed by atoms with Gasteiger partial charge in [0.25, 0.3) is 0 Å². The van der Waals surface area contributed by atoms with Crippen molar-refractivity contribution in [1.82, 2.24) is 0 Å². The molecule has 1 aromatic carbocycles. The maximum Gasteiger partial charge on any atom is 0.0345 e. The van der Waals surface area contributed by atoms with E-state index in [0.717, 1.165) is 12.3 Å². The van der Waals surface area contributed by atoms with Gasteiger partial charge in [0.05, 0.1) is 0 Å². The minimum atomic E-state index is 0.608. The summed E-state index contributed by atoms with van der Waals surface area (Å²) in [5.74, 6) is 0.807. The maximum absolute atomic E-state index is 3.67. The minimum absolute atomic E-state index is 0.608. The van der Waals surface area contributed by atoms with Gasteiger partial charge in [0.1, 0.15) is 0 Å². The van der Waals surface area contributed by atoms with Crippen molar-refractivity contribution in [2.75, 3.05) is 5.32 Å². The number of hydrogen-bond acceptors (Lipinski definition) is 1. The summed E-state index contributed by atoms with van der Waals surface area (Å²) in [5, 5.41) is 3.67. The van der Waals surface area contributed by atoms with E-state index in [0.29, 0.717) is 6.04 Å². The van der Waals surface area contributed by atoms with Crippen molar-refractivity contribution in [1.29, 1.82) is 0 Å². The zero-order chi connectivity index (χ0) is 12.7. The van der Waals surface area contributed by atoms with Crippen LogP contribution in [0.2, 0.25) is 0 Å². The zero-order valence-corrected chi connectivity index (χ0v) is 11.8. The smallest absolute Gasteiger partial charge is 0.0345 e.